The van der Waals surface area contributed by atoms with E-state index in [0.717, 1.165) is 21.8 Å². The first-order valence-electron chi connectivity index (χ1n) is 4.95. The molecule has 74 valence electrons. The second-order valence-electron chi connectivity index (χ2n) is 3.90. The lowest BCUT2D eigenvalue weighted by Gasteiger charge is -1.93. The van der Waals surface area contributed by atoms with Crippen LogP contribution in [0.5, 0.6) is 5.75 Å². The largest absolute Gasteiger partial charge is 0.508 e. The van der Waals surface area contributed by atoms with Crippen LogP contribution < -0.4 is 0 Å². The fourth-order valence-electron chi connectivity index (χ4n) is 2.01. The summed E-state index contributed by atoms with van der Waals surface area (Å²) >= 11 is 0. The summed E-state index contributed by atoms with van der Waals surface area (Å²) in [5.74, 6) is 0.309. The smallest absolute Gasteiger partial charge is 0.116 e. The van der Waals surface area contributed by atoms with Crippen molar-refractivity contribution in [3.8, 4) is 5.75 Å². The van der Waals surface area contributed by atoms with E-state index in [4.69, 9.17) is 0 Å². The molecule has 2 N–H and O–H groups in total. The van der Waals surface area contributed by atoms with Crippen LogP contribution in [0.4, 0.5) is 0 Å². The van der Waals surface area contributed by atoms with Gasteiger partial charge in [-0.05, 0) is 36.8 Å². The molecule has 0 saturated carbocycles. The van der Waals surface area contributed by atoms with E-state index in [1.807, 2.05) is 6.07 Å². The van der Waals surface area contributed by atoms with Crippen LogP contribution in [-0.2, 0) is 0 Å². The zero-order chi connectivity index (χ0) is 10.4. The molecule has 0 atom stereocenters. The van der Waals surface area contributed by atoms with Gasteiger partial charge in [0.2, 0.25) is 0 Å². The third-order valence-electron chi connectivity index (χ3n) is 2.74. The SMILES string of the molecule is Cc1ccc2c(c1)[nH]c1ccc(O)cc12. The normalized spacial score (nSPS) is 11.3. The topological polar surface area (TPSA) is 36.0 Å². The molecule has 0 unspecified atom stereocenters. The molecule has 3 rings (SSSR count). The summed E-state index contributed by atoms with van der Waals surface area (Å²) in [6.45, 7) is 2.07. The van der Waals surface area contributed by atoms with Crippen LogP contribution in [0.15, 0.2) is 36.4 Å². The van der Waals surface area contributed by atoms with Crippen molar-refractivity contribution in [2.75, 3.05) is 0 Å². The molecule has 1 aromatic heterocycles. The minimum Gasteiger partial charge on any atom is -0.508 e. The van der Waals surface area contributed by atoms with Gasteiger partial charge in [-0.1, -0.05) is 12.1 Å². The quantitative estimate of drug-likeness (QED) is 0.569. The van der Waals surface area contributed by atoms with Crippen molar-refractivity contribution in [2.45, 2.75) is 6.92 Å². The van der Waals surface area contributed by atoms with Gasteiger partial charge in [0, 0.05) is 21.8 Å². The van der Waals surface area contributed by atoms with E-state index in [9.17, 15) is 5.11 Å². The molecule has 0 aliphatic rings. The number of hydrogen-bond donors (Lipinski definition) is 2. The van der Waals surface area contributed by atoms with Gasteiger partial charge in [0.25, 0.3) is 0 Å². The lowest BCUT2D eigenvalue weighted by molar-refractivity contribution is 0.476. The van der Waals surface area contributed by atoms with Gasteiger partial charge in [0.05, 0.1) is 0 Å². The molecule has 1 heterocycles. The Balaban J connectivity index is 2.53. The van der Waals surface area contributed by atoms with Gasteiger partial charge in [0.1, 0.15) is 5.75 Å². The zero-order valence-corrected chi connectivity index (χ0v) is 8.41. The summed E-state index contributed by atoms with van der Waals surface area (Å²) in [5, 5.41) is 11.7. The second kappa shape index (κ2) is 2.76. The number of H-pyrrole nitrogens is 1. The average Bonchev–Trinajstić information content (AvgIpc) is 2.54. The second-order valence-corrected chi connectivity index (χ2v) is 3.90. The number of rotatable bonds is 0. The Morgan fingerprint density at radius 1 is 0.933 bits per heavy atom. The van der Waals surface area contributed by atoms with Crippen LogP contribution in [-0.4, -0.2) is 10.1 Å². The predicted octanol–water partition coefficient (Wildman–Crippen LogP) is 3.34. The fourth-order valence-corrected chi connectivity index (χ4v) is 2.01. The van der Waals surface area contributed by atoms with E-state index in [1.165, 1.54) is 5.56 Å². The summed E-state index contributed by atoms with van der Waals surface area (Å²) < 4.78 is 0. The summed E-state index contributed by atoms with van der Waals surface area (Å²) in [6.07, 6.45) is 0. The minimum absolute atomic E-state index is 0.309. The molecular weight excluding hydrogens is 186 g/mol. The molecule has 0 bridgehead atoms. The highest BCUT2D eigenvalue weighted by molar-refractivity contribution is 6.07. The fraction of sp³-hybridized carbons (Fsp3) is 0.0769. The Labute approximate surface area is 87.2 Å². The third kappa shape index (κ3) is 1.18. The minimum atomic E-state index is 0.309. The van der Waals surface area contributed by atoms with Gasteiger partial charge in [0.15, 0.2) is 0 Å². The van der Waals surface area contributed by atoms with Crippen molar-refractivity contribution in [1.82, 2.24) is 4.98 Å². The van der Waals surface area contributed by atoms with Crippen molar-refractivity contribution in [1.29, 1.82) is 0 Å². The summed E-state index contributed by atoms with van der Waals surface area (Å²) in [6, 6.07) is 11.7. The van der Waals surface area contributed by atoms with E-state index in [0.29, 0.717) is 5.75 Å². The number of aromatic nitrogens is 1. The van der Waals surface area contributed by atoms with E-state index in [-0.39, 0.29) is 0 Å². The van der Waals surface area contributed by atoms with Crippen molar-refractivity contribution < 1.29 is 5.11 Å². The van der Waals surface area contributed by atoms with Crippen molar-refractivity contribution >= 4 is 21.8 Å². The maximum Gasteiger partial charge on any atom is 0.116 e. The Bertz CT molecular complexity index is 652. The number of phenolic OH excluding ortho intramolecular Hbond substituents is 1. The molecule has 2 heteroatoms. The van der Waals surface area contributed by atoms with E-state index >= 15 is 0 Å². The average molecular weight is 197 g/mol. The summed E-state index contributed by atoms with van der Waals surface area (Å²) in [5.41, 5.74) is 3.42. The number of nitrogens with one attached hydrogen (secondary N) is 1. The van der Waals surface area contributed by atoms with Crippen molar-refractivity contribution in [3.63, 3.8) is 0 Å². The van der Waals surface area contributed by atoms with Crippen molar-refractivity contribution in [2.24, 2.45) is 0 Å². The molecule has 2 aromatic carbocycles. The number of hydrogen-bond acceptors (Lipinski definition) is 1. The van der Waals surface area contributed by atoms with Gasteiger partial charge in [-0.15, -0.1) is 0 Å². The number of aromatic hydroxyl groups is 1. The zero-order valence-electron chi connectivity index (χ0n) is 8.41. The number of phenols is 1. The van der Waals surface area contributed by atoms with Crippen molar-refractivity contribution in [3.05, 3.63) is 42.0 Å². The van der Waals surface area contributed by atoms with Gasteiger partial charge < -0.3 is 10.1 Å². The van der Waals surface area contributed by atoms with Gasteiger partial charge in [-0.25, -0.2) is 0 Å². The molecule has 0 amide bonds. The van der Waals surface area contributed by atoms with E-state index in [2.05, 4.69) is 30.1 Å². The number of fused-ring (bicyclic) bond motifs is 3. The molecule has 0 fully saturated rings. The van der Waals surface area contributed by atoms with Gasteiger partial charge in [-0.2, -0.15) is 0 Å². The molecule has 0 spiro atoms. The van der Waals surface area contributed by atoms with Crippen LogP contribution in [0.1, 0.15) is 5.56 Å². The maximum atomic E-state index is 9.45. The molecular formula is C13H11NO. The molecule has 0 saturated heterocycles. The van der Waals surface area contributed by atoms with E-state index < -0.39 is 0 Å². The number of benzene rings is 2. The van der Waals surface area contributed by atoms with Crippen LogP contribution in [0.25, 0.3) is 21.8 Å². The Morgan fingerprint density at radius 2 is 1.80 bits per heavy atom. The predicted molar refractivity (Wildman–Crippen MR) is 62.2 cm³/mol. The number of aromatic amines is 1. The van der Waals surface area contributed by atoms with Crippen LogP contribution in [0.2, 0.25) is 0 Å². The summed E-state index contributed by atoms with van der Waals surface area (Å²) in [7, 11) is 0. The lowest BCUT2D eigenvalue weighted by Crippen LogP contribution is -1.70. The monoisotopic (exact) mass is 197 g/mol. The first-order valence-corrected chi connectivity index (χ1v) is 4.95. The first kappa shape index (κ1) is 8.36. The highest BCUT2D eigenvalue weighted by atomic mass is 16.3. The molecule has 3 aromatic rings. The highest BCUT2D eigenvalue weighted by Gasteiger charge is 2.04. The Hall–Kier alpha value is -1.96. The Morgan fingerprint density at radius 3 is 2.67 bits per heavy atom. The molecule has 0 radical (unpaired) electrons. The van der Waals surface area contributed by atoms with Crippen LogP contribution >= 0.6 is 0 Å². The molecule has 2 nitrogen and oxygen atoms in total. The van der Waals surface area contributed by atoms with Crippen LogP contribution in [0, 0.1) is 6.92 Å². The molecule has 0 aliphatic heterocycles. The molecule has 0 aliphatic carbocycles. The Kier molecular flexibility index (Phi) is 1.54. The van der Waals surface area contributed by atoms with Gasteiger partial charge >= 0.3 is 0 Å². The molecule has 15 heavy (non-hydrogen) atoms. The lowest BCUT2D eigenvalue weighted by atomic mass is 10.1. The standard InChI is InChI=1S/C13H11NO/c1-8-2-4-10-11-7-9(15)3-5-12(11)14-13(10)6-8/h2-7,14-15H,1H3. The number of aryl methyl sites for hydroxylation is 1. The maximum absolute atomic E-state index is 9.45. The van der Waals surface area contributed by atoms with E-state index in [1.54, 1.807) is 12.1 Å². The van der Waals surface area contributed by atoms with Gasteiger partial charge in [-0.3, -0.25) is 0 Å². The summed E-state index contributed by atoms with van der Waals surface area (Å²) in [4.78, 5) is 3.33. The van der Waals surface area contributed by atoms with Crippen LogP contribution in [0.3, 0.4) is 0 Å². The highest BCUT2D eigenvalue weighted by Crippen LogP contribution is 2.28. The first-order chi connectivity index (χ1) is 7.24. The third-order valence-corrected chi connectivity index (χ3v) is 2.74.